The Bertz CT molecular complexity index is 802. The van der Waals surface area contributed by atoms with Gasteiger partial charge in [0.15, 0.2) is 0 Å². The summed E-state index contributed by atoms with van der Waals surface area (Å²) in [5.74, 6) is 0. The van der Waals surface area contributed by atoms with Gasteiger partial charge in [-0.25, -0.2) is 0 Å². The van der Waals surface area contributed by atoms with Gasteiger partial charge in [0.2, 0.25) is 0 Å². The molecule has 3 heterocycles. The average Bonchev–Trinajstić information content (AvgIpc) is 2.95. The van der Waals surface area contributed by atoms with Crippen LogP contribution in [0.5, 0.6) is 0 Å². The normalized spacial score (nSPS) is 11.7. The Labute approximate surface area is 144 Å². The lowest BCUT2D eigenvalue weighted by molar-refractivity contribution is 0.770. The summed E-state index contributed by atoms with van der Waals surface area (Å²) in [6, 6.07) is 9.58. The smallest absolute Gasteiger partial charge is 0.118 e. The Balaban J connectivity index is 1.88. The van der Waals surface area contributed by atoms with Crippen LogP contribution in [0.4, 0.5) is 0 Å². The van der Waals surface area contributed by atoms with Gasteiger partial charge in [-0.3, -0.25) is 14.6 Å². The molecule has 0 aromatic carbocycles. The van der Waals surface area contributed by atoms with Crippen LogP contribution in [0.15, 0.2) is 49.1 Å². The fourth-order valence-corrected chi connectivity index (χ4v) is 3.69. The van der Waals surface area contributed by atoms with Crippen LogP contribution < -0.4 is 0 Å². The lowest BCUT2D eigenvalue weighted by Gasteiger charge is -2.15. The molecule has 0 saturated heterocycles. The lowest BCUT2D eigenvalue weighted by Crippen LogP contribution is -2.19. The zero-order valence-corrected chi connectivity index (χ0v) is 15.8. The van der Waals surface area contributed by atoms with Crippen molar-refractivity contribution in [1.29, 1.82) is 0 Å². The molecule has 0 radical (unpaired) electrons. The number of hydrogen-bond acceptors (Lipinski definition) is 3. The highest BCUT2D eigenvalue weighted by atomic mass is 28.3. The van der Waals surface area contributed by atoms with Crippen molar-refractivity contribution in [3.8, 4) is 22.5 Å². The van der Waals surface area contributed by atoms with Crippen molar-refractivity contribution in [2.75, 3.05) is 0 Å². The van der Waals surface area contributed by atoms with Crippen molar-refractivity contribution < 1.29 is 0 Å². The first-order valence-electron chi connectivity index (χ1n) is 8.32. The van der Waals surface area contributed by atoms with Gasteiger partial charge in [-0.1, -0.05) is 31.8 Å². The number of hydrogen-bond donors (Lipinski definition) is 0. The summed E-state index contributed by atoms with van der Waals surface area (Å²) in [5.41, 5.74) is 5.34. The standard InChI is InChI=1S/C19H24N4Si/c1-23-14-17(16-7-10-20-11-8-16)19(22-23)18-6-5-15(13-21-18)9-12-24(2,3)4/h5-8,10-11,13-14H,9,12H2,1-4H3. The molecule has 3 rings (SSSR count). The maximum atomic E-state index is 4.67. The Morgan fingerprint density at radius 2 is 1.79 bits per heavy atom. The van der Waals surface area contributed by atoms with E-state index in [2.05, 4.69) is 46.8 Å². The molecule has 0 amide bonds. The fourth-order valence-electron chi connectivity index (χ4n) is 2.65. The van der Waals surface area contributed by atoms with Crippen molar-refractivity contribution >= 4 is 8.07 Å². The molecule has 0 spiro atoms. The molecule has 124 valence electrons. The summed E-state index contributed by atoms with van der Waals surface area (Å²) in [6.45, 7) is 7.22. The summed E-state index contributed by atoms with van der Waals surface area (Å²) in [5, 5.41) is 4.61. The Morgan fingerprint density at radius 3 is 2.42 bits per heavy atom. The molecule has 0 aliphatic rings. The molecule has 0 bridgehead atoms. The molecule has 0 aliphatic carbocycles. The van der Waals surface area contributed by atoms with Crippen LogP contribution in [0.3, 0.4) is 0 Å². The monoisotopic (exact) mass is 336 g/mol. The van der Waals surface area contributed by atoms with Gasteiger partial charge in [0.25, 0.3) is 0 Å². The number of nitrogens with zero attached hydrogens (tertiary/aromatic N) is 4. The molecule has 24 heavy (non-hydrogen) atoms. The van der Waals surface area contributed by atoms with Gasteiger partial charge in [0.05, 0.1) is 5.69 Å². The minimum absolute atomic E-state index is 0.916. The van der Waals surface area contributed by atoms with Crippen molar-refractivity contribution in [3.05, 3.63) is 54.6 Å². The number of rotatable bonds is 5. The Morgan fingerprint density at radius 1 is 1.04 bits per heavy atom. The first-order chi connectivity index (χ1) is 11.4. The van der Waals surface area contributed by atoms with Crippen LogP contribution in [0.2, 0.25) is 25.7 Å². The topological polar surface area (TPSA) is 43.6 Å². The molecular formula is C19H24N4Si. The van der Waals surface area contributed by atoms with E-state index in [1.807, 2.05) is 36.3 Å². The second-order valence-electron chi connectivity index (χ2n) is 7.41. The summed E-state index contributed by atoms with van der Waals surface area (Å²) in [6.07, 6.45) is 8.76. The molecule has 0 aliphatic heterocycles. The average molecular weight is 337 g/mol. The molecule has 0 unspecified atom stereocenters. The van der Waals surface area contributed by atoms with Gasteiger partial charge >= 0.3 is 0 Å². The van der Waals surface area contributed by atoms with E-state index < -0.39 is 8.07 Å². The van der Waals surface area contributed by atoms with Crippen LogP contribution >= 0.6 is 0 Å². The molecule has 4 nitrogen and oxygen atoms in total. The largest absolute Gasteiger partial charge is 0.274 e. The molecule has 0 saturated carbocycles. The van der Waals surface area contributed by atoms with E-state index in [0.717, 1.165) is 28.9 Å². The van der Waals surface area contributed by atoms with Crippen LogP contribution in [-0.2, 0) is 13.5 Å². The predicted molar refractivity (Wildman–Crippen MR) is 102 cm³/mol. The van der Waals surface area contributed by atoms with E-state index in [-0.39, 0.29) is 0 Å². The van der Waals surface area contributed by atoms with Crippen LogP contribution in [0, 0.1) is 0 Å². The van der Waals surface area contributed by atoms with E-state index in [1.54, 1.807) is 12.4 Å². The first kappa shape index (κ1) is 16.6. The highest BCUT2D eigenvalue weighted by molar-refractivity contribution is 6.76. The number of aryl methyl sites for hydroxylation is 2. The van der Waals surface area contributed by atoms with E-state index in [9.17, 15) is 0 Å². The number of aromatic nitrogens is 4. The van der Waals surface area contributed by atoms with Gasteiger partial charge in [-0.05, 0) is 35.7 Å². The van der Waals surface area contributed by atoms with Gasteiger partial charge < -0.3 is 0 Å². The Kier molecular flexibility index (Phi) is 4.62. The first-order valence-corrected chi connectivity index (χ1v) is 12.0. The molecular weight excluding hydrogens is 312 g/mol. The highest BCUT2D eigenvalue weighted by Gasteiger charge is 2.15. The van der Waals surface area contributed by atoms with Crippen molar-refractivity contribution in [2.24, 2.45) is 7.05 Å². The molecule has 5 heteroatoms. The van der Waals surface area contributed by atoms with Gasteiger partial charge in [0, 0.05) is 45.5 Å². The maximum Gasteiger partial charge on any atom is 0.118 e. The van der Waals surface area contributed by atoms with Crippen LogP contribution in [-0.4, -0.2) is 27.8 Å². The second-order valence-corrected chi connectivity index (χ2v) is 13.0. The minimum Gasteiger partial charge on any atom is -0.274 e. The maximum absolute atomic E-state index is 4.67. The van der Waals surface area contributed by atoms with Gasteiger partial charge in [0.1, 0.15) is 5.69 Å². The lowest BCUT2D eigenvalue weighted by atomic mass is 10.1. The van der Waals surface area contributed by atoms with Crippen LogP contribution in [0.25, 0.3) is 22.5 Å². The Hall–Kier alpha value is -2.27. The van der Waals surface area contributed by atoms with Crippen LogP contribution in [0.1, 0.15) is 5.56 Å². The minimum atomic E-state index is -1.02. The van der Waals surface area contributed by atoms with Crippen molar-refractivity contribution in [2.45, 2.75) is 32.1 Å². The van der Waals surface area contributed by atoms with E-state index >= 15 is 0 Å². The molecule has 3 aromatic rings. The molecule has 0 N–H and O–H groups in total. The summed E-state index contributed by atoms with van der Waals surface area (Å²) in [7, 11) is 0.924. The third kappa shape index (κ3) is 3.97. The third-order valence-electron chi connectivity index (χ3n) is 4.05. The van der Waals surface area contributed by atoms with E-state index in [1.165, 1.54) is 11.6 Å². The third-order valence-corrected chi connectivity index (χ3v) is 5.80. The molecule has 0 fully saturated rings. The van der Waals surface area contributed by atoms with E-state index in [0.29, 0.717) is 0 Å². The number of pyridine rings is 2. The fraction of sp³-hybridized carbons (Fsp3) is 0.316. The summed E-state index contributed by atoms with van der Waals surface area (Å²) < 4.78 is 1.84. The molecule has 3 aromatic heterocycles. The second kappa shape index (κ2) is 6.69. The predicted octanol–water partition coefficient (Wildman–Crippen LogP) is 4.42. The SMILES string of the molecule is Cn1cc(-c2ccncc2)c(-c2ccc(CC[Si](C)(C)C)cn2)n1. The quantitative estimate of drug-likeness (QED) is 0.648. The zero-order valence-electron chi connectivity index (χ0n) is 14.8. The van der Waals surface area contributed by atoms with E-state index in [4.69, 9.17) is 0 Å². The molecule has 0 atom stereocenters. The van der Waals surface area contributed by atoms with Crippen molar-refractivity contribution in [1.82, 2.24) is 19.7 Å². The summed E-state index contributed by atoms with van der Waals surface area (Å²) >= 11 is 0. The zero-order chi connectivity index (χ0) is 17.2. The van der Waals surface area contributed by atoms with Gasteiger partial charge in [-0.15, -0.1) is 0 Å². The van der Waals surface area contributed by atoms with Crippen molar-refractivity contribution in [3.63, 3.8) is 0 Å². The summed E-state index contributed by atoms with van der Waals surface area (Å²) in [4.78, 5) is 8.77. The van der Waals surface area contributed by atoms with Gasteiger partial charge in [-0.2, -0.15) is 5.10 Å². The highest BCUT2D eigenvalue weighted by Crippen LogP contribution is 2.29.